The van der Waals surface area contributed by atoms with Crippen LogP contribution in [0, 0.1) is 26.6 Å². The average molecular weight is 1080 g/mol. The van der Waals surface area contributed by atoms with Gasteiger partial charge < -0.3 is 33.9 Å². The number of nitrogens with zero attached hydrogens (tertiary/aromatic N) is 4. The van der Waals surface area contributed by atoms with Gasteiger partial charge in [-0.25, -0.2) is 29.1 Å². The van der Waals surface area contributed by atoms with E-state index < -0.39 is 40.7 Å². The van der Waals surface area contributed by atoms with Crippen LogP contribution in [0.2, 0.25) is 10.0 Å². The standard InChI is InChI=1S/C54H47Cl2FN4O11S2/c1-6-23-68-27-38(28-70-74(65,66)39-18-11-30(2)12-19-39)71-49-47(55)31(3)44(32(4)48(49)56)45-46-52(59-29-60-53(46)73-50(45)33-13-15-35(57)16-14-33)72-43(54(63)64)25-34-24-37(62)17-20-41(34)69-26-36-21-22-58-51(61-36)40-9-7-8-10-42(40)67-5/h6-22,24,29,38,43,62H,1,23,25-28H2,2-5H3,(H,63,64). The lowest BCUT2D eigenvalue weighted by molar-refractivity contribution is -0.145. The minimum absolute atomic E-state index is 0.0119. The van der Waals surface area contributed by atoms with E-state index in [1.807, 2.05) is 25.1 Å². The van der Waals surface area contributed by atoms with Crippen molar-refractivity contribution in [3.8, 4) is 61.8 Å². The highest BCUT2D eigenvalue weighted by molar-refractivity contribution is 7.86. The smallest absolute Gasteiger partial charge is 0.345 e. The highest BCUT2D eigenvalue weighted by Gasteiger charge is 2.32. The molecule has 2 atom stereocenters. The molecule has 0 aliphatic rings. The minimum Gasteiger partial charge on any atom is -0.508 e. The summed E-state index contributed by atoms with van der Waals surface area (Å²) in [7, 11) is -2.66. The summed E-state index contributed by atoms with van der Waals surface area (Å²) in [5.74, 6) is -0.836. The fraction of sp³-hybridized carbons (Fsp3) is 0.204. The van der Waals surface area contributed by atoms with E-state index >= 15 is 0 Å². The Balaban J connectivity index is 1.15. The van der Waals surface area contributed by atoms with Gasteiger partial charge >= 0.3 is 5.97 Å². The van der Waals surface area contributed by atoms with Gasteiger partial charge in [0.1, 0.15) is 53.5 Å². The number of aryl methyl sites for hydroxylation is 1. The number of hydrogen-bond donors (Lipinski definition) is 2. The van der Waals surface area contributed by atoms with Crippen molar-refractivity contribution >= 4 is 60.8 Å². The molecule has 0 amide bonds. The van der Waals surface area contributed by atoms with Crippen molar-refractivity contribution in [2.45, 2.75) is 50.9 Å². The SMILES string of the molecule is C=CCOCC(COS(=O)(=O)c1ccc(C)cc1)Oc1c(Cl)c(C)c(-c2c(-c3ccc(F)cc3)sc3ncnc(OC(Cc4cc(O)ccc4OCc4ccnc(-c5ccccc5OC)n4)C(=O)O)c23)c(C)c1Cl. The predicted molar refractivity (Wildman–Crippen MR) is 280 cm³/mol. The van der Waals surface area contributed by atoms with E-state index in [9.17, 15) is 27.8 Å². The molecule has 0 spiro atoms. The predicted octanol–water partition coefficient (Wildman–Crippen LogP) is 11.6. The highest BCUT2D eigenvalue weighted by atomic mass is 35.5. The number of aliphatic carboxylic acids is 1. The normalized spacial score (nSPS) is 12.3. The van der Waals surface area contributed by atoms with Crippen LogP contribution >= 0.6 is 34.5 Å². The summed E-state index contributed by atoms with van der Waals surface area (Å²) in [4.78, 5) is 32.2. The van der Waals surface area contributed by atoms with Crippen LogP contribution in [0.5, 0.6) is 28.9 Å². The third-order valence-corrected chi connectivity index (χ3v) is 14.9. The lowest BCUT2D eigenvalue weighted by Crippen LogP contribution is -2.30. The van der Waals surface area contributed by atoms with Crippen molar-refractivity contribution in [3.05, 3.63) is 166 Å². The Labute approximate surface area is 439 Å². The summed E-state index contributed by atoms with van der Waals surface area (Å²) >= 11 is 15.6. The molecule has 0 aliphatic carbocycles. The first-order valence-corrected chi connectivity index (χ1v) is 25.7. The molecule has 0 fully saturated rings. The molecule has 0 aliphatic heterocycles. The summed E-state index contributed by atoms with van der Waals surface area (Å²) in [6.07, 6.45) is 1.39. The monoisotopic (exact) mass is 1080 g/mol. The van der Waals surface area contributed by atoms with Crippen LogP contribution in [0.1, 0.15) is 27.9 Å². The number of rotatable bonds is 22. The van der Waals surface area contributed by atoms with Gasteiger partial charge in [-0.3, -0.25) is 4.18 Å². The van der Waals surface area contributed by atoms with Crippen LogP contribution in [0.3, 0.4) is 0 Å². The Morgan fingerprint density at radius 2 is 1.61 bits per heavy atom. The molecule has 0 saturated carbocycles. The first-order valence-electron chi connectivity index (χ1n) is 22.7. The van der Waals surface area contributed by atoms with Crippen LogP contribution in [-0.2, 0) is 36.9 Å². The van der Waals surface area contributed by atoms with Crippen LogP contribution in [0.25, 0.3) is 43.2 Å². The van der Waals surface area contributed by atoms with Crippen LogP contribution in [0.15, 0.2) is 127 Å². The molecule has 2 N–H and O–H groups in total. The van der Waals surface area contributed by atoms with E-state index in [0.717, 1.165) is 5.56 Å². The van der Waals surface area contributed by atoms with Gasteiger partial charge in [0, 0.05) is 28.6 Å². The number of carboxylic acid groups (broad SMARTS) is 1. The van der Waals surface area contributed by atoms with Crippen molar-refractivity contribution in [2.24, 2.45) is 0 Å². The number of aromatic hydroxyl groups is 1. The number of halogens is 3. The van der Waals surface area contributed by atoms with Crippen molar-refractivity contribution in [1.82, 2.24) is 19.9 Å². The molecule has 20 heteroatoms. The number of methoxy groups -OCH3 is 1. The molecule has 15 nitrogen and oxygen atoms in total. The van der Waals surface area contributed by atoms with Gasteiger partial charge in [0.2, 0.25) is 12.0 Å². The number of thiophene rings is 1. The van der Waals surface area contributed by atoms with Gasteiger partial charge in [-0.15, -0.1) is 17.9 Å². The Morgan fingerprint density at radius 3 is 2.31 bits per heavy atom. The molecular formula is C54H47Cl2FN4O11S2. The maximum absolute atomic E-state index is 14.5. The average Bonchev–Trinajstić information content (AvgIpc) is 3.78. The Hall–Kier alpha value is -7.19. The number of phenolic OH excluding ortho intramolecular Hbond substituents is 1. The largest absolute Gasteiger partial charge is 0.508 e. The zero-order chi connectivity index (χ0) is 52.7. The zero-order valence-electron chi connectivity index (χ0n) is 40.2. The number of aromatic nitrogens is 4. The number of benzene rings is 5. The summed E-state index contributed by atoms with van der Waals surface area (Å²) in [5.41, 5.74) is 4.72. The third kappa shape index (κ3) is 11.9. The second kappa shape index (κ2) is 23.3. The van der Waals surface area contributed by atoms with Crippen molar-refractivity contribution in [3.63, 3.8) is 0 Å². The number of para-hydroxylation sites is 1. The lowest BCUT2D eigenvalue weighted by atomic mass is 9.92. The third-order valence-electron chi connectivity index (χ3n) is 11.6. The van der Waals surface area contributed by atoms with E-state index in [0.29, 0.717) is 71.3 Å². The maximum atomic E-state index is 14.5. The first kappa shape index (κ1) is 53.1. The second-order valence-corrected chi connectivity index (χ2v) is 20.0. The molecule has 0 radical (unpaired) electrons. The lowest BCUT2D eigenvalue weighted by Gasteiger charge is -2.24. The van der Waals surface area contributed by atoms with E-state index in [1.165, 1.54) is 66.2 Å². The zero-order valence-corrected chi connectivity index (χ0v) is 43.3. The van der Waals surface area contributed by atoms with Crippen LogP contribution in [0.4, 0.5) is 4.39 Å². The number of phenols is 1. The summed E-state index contributed by atoms with van der Waals surface area (Å²) in [6, 6.07) is 25.3. The molecule has 0 saturated heterocycles. The van der Waals surface area contributed by atoms with Gasteiger partial charge in [0.15, 0.2) is 11.6 Å². The summed E-state index contributed by atoms with van der Waals surface area (Å²) in [5, 5.41) is 21.8. The van der Waals surface area contributed by atoms with Gasteiger partial charge in [0.05, 0.1) is 51.9 Å². The number of fused-ring (bicyclic) bond motifs is 1. The van der Waals surface area contributed by atoms with E-state index in [-0.39, 0.29) is 64.3 Å². The molecule has 2 unspecified atom stereocenters. The Kier molecular flexibility index (Phi) is 16.8. The number of carboxylic acids is 1. The molecule has 8 aromatic rings. The fourth-order valence-corrected chi connectivity index (χ4v) is 10.5. The molecular weight excluding hydrogens is 1030 g/mol. The van der Waals surface area contributed by atoms with Crippen LogP contribution < -0.4 is 18.9 Å². The van der Waals surface area contributed by atoms with Crippen LogP contribution in [-0.4, -0.2) is 83.7 Å². The first-order chi connectivity index (χ1) is 35.6. The van der Waals surface area contributed by atoms with E-state index in [4.69, 9.17) is 51.1 Å². The van der Waals surface area contributed by atoms with Crippen molar-refractivity contribution in [2.75, 3.05) is 26.9 Å². The Morgan fingerprint density at radius 1 is 0.878 bits per heavy atom. The van der Waals surface area contributed by atoms with Gasteiger partial charge in [-0.05, 0) is 104 Å². The second-order valence-electron chi connectivity index (χ2n) is 16.7. The number of carbonyl (C=O) groups is 1. The van der Waals surface area contributed by atoms with Crippen molar-refractivity contribution in [1.29, 1.82) is 0 Å². The minimum atomic E-state index is -4.22. The highest BCUT2D eigenvalue weighted by Crippen LogP contribution is 2.53. The maximum Gasteiger partial charge on any atom is 0.345 e. The van der Waals surface area contributed by atoms with Gasteiger partial charge in [-0.1, -0.05) is 71.2 Å². The summed E-state index contributed by atoms with van der Waals surface area (Å²) in [6.45, 7) is 8.42. The summed E-state index contributed by atoms with van der Waals surface area (Å²) < 4.78 is 76.5. The Bertz CT molecular complexity index is 3440. The molecule has 382 valence electrons. The molecule has 3 heterocycles. The number of hydrogen-bond acceptors (Lipinski definition) is 15. The quantitative estimate of drug-likeness (QED) is 0.0369. The molecule has 74 heavy (non-hydrogen) atoms. The van der Waals surface area contributed by atoms with Gasteiger partial charge in [-0.2, -0.15) is 8.42 Å². The number of ether oxygens (including phenoxy) is 5. The molecule has 5 aromatic carbocycles. The topological polar surface area (TPSA) is 199 Å². The molecule has 3 aromatic heterocycles. The van der Waals surface area contributed by atoms with Gasteiger partial charge in [0.25, 0.3) is 10.1 Å². The fourth-order valence-electron chi connectivity index (χ4n) is 7.93. The molecule has 8 rings (SSSR count). The molecule has 0 bridgehead atoms. The van der Waals surface area contributed by atoms with E-state index in [2.05, 4.69) is 26.5 Å². The van der Waals surface area contributed by atoms with Crippen molar-refractivity contribution < 1.29 is 55.7 Å². The van der Waals surface area contributed by atoms with E-state index in [1.54, 1.807) is 63.6 Å².